The number of rotatable bonds is 6. The first-order chi connectivity index (χ1) is 8.49. The van der Waals surface area contributed by atoms with Crippen molar-refractivity contribution in [3.05, 3.63) is 18.1 Å². The second-order valence-corrected chi connectivity index (χ2v) is 5.03. The van der Waals surface area contributed by atoms with Gasteiger partial charge in [0.1, 0.15) is 17.8 Å². The van der Waals surface area contributed by atoms with E-state index in [9.17, 15) is 4.79 Å². The molecule has 0 aliphatic carbocycles. The van der Waals surface area contributed by atoms with Gasteiger partial charge in [0.15, 0.2) is 0 Å². The minimum Gasteiger partial charge on any atom is -0.368 e. The first-order valence-electron chi connectivity index (χ1n) is 6.35. The minimum atomic E-state index is -0.148. The summed E-state index contributed by atoms with van der Waals surface area (Å²) in [6, 6.07) is 1.95. The van der Waals surface area contributed by atoms with Crippen LogP contribution in [0.3, 0.4) is 0 Å². The van der Waals surface area contributed by atoms with Crippen molar-refractivity contribution in [2.45, 2.75) is 40.2 Å². The Morgan fingerprint density at radius 2 is 2.00 bits per heavy atom. The third-order valence-electron chi connectivity index (χ3n) is 2.34. The number of carbonyl (C=O) groups excluding carboxylic acids is 1. The van der Waals surface area contributed by atoms with Crippen LogP contribution in [-0.4, -0.2) is 28.5 Å². The van der Waals surface area contributed by atoms with Crippen molar-refractivity contribution in [1.29, 1.82) is 0 Å². The summed E-state index contributed by atoms with van der Waals surface area (Å²) in [6.45, 7) is 8.96. The van der Waals surface area contributed by atoms with Gasteiger partial charge in [-0.25, -0.2) is 9.97 Å². The molecule has 0 saturated heterocycles. The lowest BCUT2D eigenvalue weighted by molar-refractivity contribution is 0.0947. The van der Waals surface area contributed by atoms with Crippen molar-refractivity contribution in [2.24, 2.45) is 5.92 Å². The van der Waals surface area contributed by atoms with Crippen LogP contribution in [-0.2, 0) is 0 Å². The molecule has 5 nitrogen and oxygen atoms in total. The molecule has 0 atom stereocenters. The van der Waals surface area contributed by atoms with Gasteiger partial charge in [0.2, 0.25) is 0 Å². The molecular weight excluding hydrogens is 228 g/mol. The molecule has 0 spiro atoms. The summed E-state index contributed by atoms with van der Waals surface area (Å²) in [5, 5.41) is 6.00. The number of anilines is 1. The smallest absolute Gasteiger partial charge is 0.270 e. The van der Waals surface area contributed by atoms with E-state index in [0.29, 0.717) is 24.0 Å². The molecule has 18 heavy (non-hydrogen) atoms. The third kappa shape index (κ3) is 5.12. The number of nitrogens with zero attached hydrogens (tertiary/aromatic N) is 2. The predicted octanol–water partition coefficient (Wildman–Crippen LogP) is 2.07. The zero-order chi connectivity index (χ0) is 13.5. The van der Waals surface area contributed by atoms with E-state index in [-0.39, 0.29) is 11.9 Å². The van der Waals surface area contributed by atoms with Crippen molar-refractivity contribution in [3.63, 3.8) is 0 Å². The van der Waals surface area contributed by atoms with Crippen molar-refractivity contribution < 1.29 is 4.79 Å². The fourth-order valence-electron chi connectivity index (χ4n) is 1.42. The molecule has 2 N–H and O–H groups in total. The molecule has 1 aromatic heterocycles. The monoisotopic (exact) mass is 250 g/mol. The number of hydrogen-bond acceptors (Lipinski definition) is 4. The van der Waals surface area contributed by atoms with Gasteiger partial charge in [0, 0.05) is 18.7 Å². The molecule has 0 fully saturated rings. The average Bonchev–Trinajstić information content (AvgIpc) is 2.27. The molecule has 0 radical (unpaired) electrons. The van der Waals surface area contributed by atoms with Gasteiger partial charge in [0.25, 0.3) is 5.91 Å². The maximum atomic E-state index is 11.8. The zero-order valence-electron chi connectivity index (χ0n) is 11.5. The largest absolute Gasteiger partial charge is 0.368 e. The topological polar surface area (TPSA) is 66.9 Å². The van der Waals surface area contributed by atoms with Crippen molar-refractivity contribution in [3.8, 4) is 0 Å². The fourth-order valence-corrected chi connectivity index (χ4v) is 1.42. The van der Waals surface area contributed by atoms with Crippen LogP contribution >= 0.6 is 0 Å². The standard InChI is InChI=1S/C13H22N4O/c1-9(2)5-6-14-13(18)11-7-12(16-8-15-11)17-10(3)4/h7-10H,5-6H2,1-4H3,(H,14,18)(H,15,16,17). The van der Waals surface area contributed by atoms with Gasteiger partial charge >= 0.3 is 0 Å². The van der Waals surface area contributed by atoms with Gasteiger partial charge in [-0.2, -0.15) is 0 Å². The lowest BCUT2D eigenvalue weighted by Gasteiger charge is -2.10. The first-order valence-corrected chi connectivity index (χ1v) is 6.35. The summed E-state index contributed by atoms with van der Waals surface area (Å²) < 4.78 is 0. The van der Waals surface area contributed by atoms with Gasteiger partial charge in [-0.1, -0.05) is 13.8 Å². The normalized spacial score (nSPS) is 10.8. The number of aromatic nitrogens is 2. The van der Waals surface area contributed by atoms with Crippen LogP contribution in [0.5, 0.6) is 0 Å². The van der Waals surface area contributed by atoms with Crippen molar-refractivity contribution in [1.82, 2.24) is 15.3 Å². The summed E-state index contributed by atoms with van der Waals surface area (Å²) in [5.41, 5.74) is 0.400. The van der Waals surface area contributed by atoms with E-state index < -0.39 is 0 Å². The Morgan fingerprint density at radius 1 is 1.28 bits per heavy atom. The van der Waals surface area contributed by atoms with Crippen molar-refractivity contribution in [2.75, 3.05) is 11.9 Å². The van der Waals surface area contributed by atoms with Crippen LogP contribution in [0.4, 0.5) is 5.82 Å². The SMILES string of the molecule is CC(C)CCNC(=O)c1cc(NC(C)C)ncn1. The van der Waals surface area contributed by atoms with Crippen LogP contribution in [0.25, 0.3) is 0 Å². The Balaban J connectivity index is 2.57. The fraction of sp³-hybridized carbons (Fsp3) is 0.615. The van der Waals surface area contributed by atoms with E-state index in [1.54, 1.807) is 6.07 Å². The summed E-state index contributed by atoms with van der Waals surface area (Å²) in [5.74, 6) is 1.10. The Morgan fingerprint density at radius 3 is 2.61 bits per heavy atom. The molecule has 1 heterocycles. The Labute approximate surface area is 108 Å². The highest BCUT2D eigenvalue weighted by Gasteiger charge is 2.08. The molecule has 1 rings (SSSR count). The maximum absolute atomic E-state index is 11.8. The van der Waals surface area contributed by atoms with Crippen LogP contribution in [0.15, 0.2) is 12.4 Å². The van der Waals surface area contributed by atoms with Gasteiger partial charge < -0.3 is 10.6 Å². The van der Waals surface area contributed by atoms with Gasteiger partial charge in [-0.15, -0.1) is 0 Å². The van der Waals surface area contributed by atoms with Crippen LogP contribution in [0.2, 0.25) is 0 Å². The molecule has 0 aliphatic heterocycles. The highest BCUT2D eigenvalue weighted by molar-refractivity contribution is 5.92. The molecule has 100 valence electrons. The second kappa shape index (κ2) is 6.93. The molecule has 1 aromatic rings. The average molecular weight is 250 g/mol. The summed E-state index contributed by atoms with van der Waals surface area (Å²) in [4.78, 5) is 19.9. The Bertz CT molecular complexity index is 390. The Kier molecular flexibility index (Phi) is 5.55. The highest BCUT2D eigenvalue weighted by Crippen LogP contribution is 2.05. The van der Waals surface area contributed by atoms with E-state index in [1.165, 1.54) is 6.33 Å². The van der Waals surface area contributed by atoms with E-state index >= 15 is 0 Å². The molecule has 1 amide bonds. The van der Waals surface area contributed by atoms with Crippen molar-refractivity contribution >= 4 is 11.7 Å². The lowest BCUT2D eigenvalue weighted by atomic mass is 10.1. The van der Waals surface area contributed by atoms with E-state index in [2.05, 4.69) is 34.4 Å². The quantitative estimate of drug-likeness (QED) is 0.811. The molecule has 0 saturated carbocycles. The molecular formula is C13H22N4O. The summed E-state index contributed by atoms with van der Waals surface area (Å²) in [6.07, 6.45) is 2.37. The van der Waals surface area contributed by atoms with Gasteiger partial charge in [-0.3, -0.25) is 4.79 Å². The highest BCUT2D eigenvalue weighted by atomic mass is 16.1. The van der Waals surface area contributed by atoms with Gasteiger partial charge in [0.05, 0.1) is 0 Å². The third-order valence-corrected chi connectivity index (χ3v) is 2.34. The summed E-state index contributed by atoms with van der Waals surface area (Å²) >= 11 is 0. The van der Waals surface area contributed by atoms with Gasteiger partial charge in [-0.05, 0) is 26.2 Å². The number of nitrogens with one attached hydrogen (secondary N) is 2. The van der Waals surface area contributed by atoms with Crippen LogP contribution in [0.1, 0.15) is 44.6 Å². The van der Waals surface area contributed by atoms with E-state index in [1.807, 2.05) is 13.8 Å². The molecule has 5 heteroatoms. The first kappa shape index (κ1) is 14.4. The second-order valence-electron chi connectivity index (χ2n) is 5.03. The summed E-state index contributed by atoms with van der Waals surface area (Å²) in [7, 11) is 0. The predicted molar refractivity (Wildman–Crippen MR) is 72.6 cm³/mol. The number of carbonyl (C=O) groups is 1. The minimum absolute atomic E-state index is 0.148. The lowest BCUT2D eigenvalue weighted by Crippen LogP contribution is -2.26. The molecule has 0 aliphatic rings. The molecule has 0 unspecified atom stereocenters. The zero-order valence-corrected chi connectivity index (χ0v) is 11.5. The van der Waals surface area contributed by atoms with Crippen LogP contribution < -0.4 is 10.6 Å². The maximum Gasteiger partial charge on any atom is 0.270 e. The Hall–Kier alpha value is -1.65. The number of amides is 1. The number of hydrogen-bond donors (Lipinski definition) is 2. The molecule has 0 bridgehead atoms. The van der Waals surface area contributed by atoms with Crippen LogP contribution in [0, 0.1) is 5.92 Å². The van der Waals surface area contributed by atoms with E-state index in [4.69, 9.17) is 0 Å². The van der Waals surface area contributed by atoms with E-state index in [0.717, 1.165) is 6.42 Å². The molecule has 0 aromatic carbocycles.